The fourth-order valence-electron chi connectivity index (χ4n) is 2.83. The quantitative estimate of drug-likeness (QED) is 0.540. The Bertz CT molecular complexity index is 1060. The third-order valence-electron chi connectivity index (χ3n) is 3.90. The molecule has 0 spiro atoms. The summed E-state index contributed by atoms with van der Waals surface area (Å²) >= 11 is 0. The van der Waals surface area contributed by atoms with Crippen LogP contribution in [0.1, 0.15) is 0 Å². The summed E-state index contributed by atoms with van der Waals surface area (Å²) in [5, 5.41) is 5.25. The van der Waals surface area contributed by atoms with E-state index in [4.69, 9.17) is 4.74 Å². The molecule has 2 aromatic heterocycles. The van der Waals surface area contributed by atoms with Gasteiger partial charge in [-0.3, -0.25) is 4.79 Å². The van der Waals surface area contributed by atoms with Gasteiger partial charge in [0.15, 0.2) is 0 Å². The highest BCUT2D eigenvalue weighted by atomic mass is 16.5. The molecule has 0 amide bonds. The normalized spacial score (nSPS) is 11.0. The van der Waals surface area contributed by atoms with Crippen molar-refractivity contribution >= 4 is 33.2 Å². The van der Waals surface area contributed by atoms with Gasteiger partial charge in [-0.25, -0.2) is 0 Å². The molecule has 2 heterocycles. The van der Waals surface area contributed by atoms with E-state index in [1.807, 2.05) is 48.5 Å². The number of aromatic nitrogens is 2. The molecule has 23 heavy (non-hydrogen) atoms. The summed E-state index contributed by atoms with van der Waals surface area (Å²) < 4.78 is 5.25. The second-order valence-electron chi connectivity index (χ2n) is 5.31. The predicted molar refractivity (Wildman–Crippen MR) is 92.7 cm³/mol. The van der Waals surface area contributed by atoms with Crippen molar-refractivity contribution in [2.24, 2.45) is 0 Å². The number of methoxy groups -OCH3 is 1. The average molecular weight is 305 g/mol. The molecular formula is C18H15N3O2. The van der Waals surface area contributed by atoms with E-state index in [-0.39, 0.29) is 5.56 Å². The Labute approximate surface area is 131 Å². The van der Waals surface area contributed by atoms with Gasteiger partial charge in [0.25, 0.3) is 5.56 Å². The molecular weight excluding hydrogens is 290 g/mol. The highest BCUT2D eigenvalue weighted by Crippen LogP contribution is 2.31. The van der Waals surface area contributed by atoms with Gasteiger partial charge in [-0.05, 0) is 18.2 Å². The summed E-state index contributed by atoms with van der Waals surface area (Å²) in [4.78, 5) is 18.1. The van der Waals surface area contributed by atoms with Gasteiger partial charge in [0, 0.05) is 34.2 Å². The summed E-state index contributed by atoms with van der Waals surface area (Å²) in [5.41, 5.74) is 3.10. The minimum atomic E-state index is -0.132. The van der Waals surface area contributed by atoms with Gasteiger partial charge >= 0.3 is 0 Å². The number of hydrogen-bond acceptors (Lipinski definition) is 3. The van der Waals surface area contributed by atoms with Crippen molar-refractivity contribution in [1.82, 2.24) is 9.97 Å². The number of H-pyrrole nitrogens is 2. The topological polar surface area (TPSA) is 69.9 Å². The Kier molecular flexibility index (Phi) is 3.05. The highest BCUT2D eigenvalue weighted by Gasteiger charge is 2.12. The molecule has 0 saturated carbocycles. The molecule has 0 saturated heterocycles. The van der Waals surface area contributed by atoms with E-state index < -0.39 is 0 Å². The third-order valence-corrected chi connectivity index (χ3v) is 3.90. The monoisotopic (exact) mass is 305 g/mol. The Morgan fingerprint density at radius 3 is 2.83 bits per heavy atom. The fourth-order valence-corrected chi connectivity index (χ4v) is 2.83. The summed E-state index contributed by atoms with van der Waals surface area (Å²) in [6.07, 6.45) is 1.70. The summed E-state index contributed by atoms with van der Waals surface area (Å²) in [6.45, 7) is 0. The van der Waals surface area contributed by atoms with E-state index in [9.17, 15) is 4.79 Å². The first-order valence-corrected chi connectivity index (χ1v) is 7.29. The molecule has 0 bridgehead atoms. The number of benzene rings is 2. The second-order valence-corrected chi connectivity index (χ2v) is 5.31. The van der Waals surface area contributed by atoms with Crippen LogP contribution in [-0.4, -0.2) is 17.1 Å². The van der Waals surface area contributed by atoms with E-state index in [0.29, 0.717) is 5.52 Å². The van der Waals surface area contributed by atoms with Crippen molar-refractivity contribution in [3.63, 3.8) is 0 Å². The molecule has 4 rings (SSSR count). The lowest BCUT2D eigenvalue weighted by atomic mass is 10.1. The first-order valence-electron chi connectivity index (χ1n) is 7.29. The molecule has 0 aliphatic carbocycles. The number of pyridine rings is 1. The van der Waals surface area contributed by atoms with Crippen LogP contribution in [0.25, 0.3) is 21.8 Å². The van der Waals surface area contributed by atoms with Crippen molar-refractivity contribution < 1.29 is 4.74 Å². The molecule has 0 aliphatic rings. The maximum absolute atomic E-state index is 12.1. The molecule has 5 nitrogen and oxygen atoms in total. The Balaban J connectivity index is 1.93. The number of rotatable bonds is 3. The Morgan fingerprint density at radius 1 is 1.09 bits per heavy atom. The second kappa shape index (κ2) is 5.21. The predicted octanol–water partition coefficient (Wildman–Crippen LogP) is 3.76. The molecule has 2 aromatic carbocycles. The molecule has 0 unspecified atom stereocenters. The first kappa shape index (κ1) is 13.5. The van der Waals surface area contributed by atoms with Crippen LogP contribution in [0.15, 0.2) is 59.5 Å². The molecule has 4 aromatic rings. The number of ether oxygens (including phenoxy) is 1. The zero-order valence-corrected chi connectivity index (χ0v) is 12.5. The van der Waals surface area contributed by atoms with Crippen LogP contribution in [0.4, 0.5) is 11.4 Å². The third kappa shape index (κ3) is 2.23. The maximum atomic E-state index is 12.1. The lowest BCUT2D eigenvalue weighted by Gasteiger charge is -2.09. The van der Waals surface area contributed by atoms with Gasteiger partial charge < -0.3 is 20.0 Å². The van der Waals surface area contributed by atoms with E-state index in [1.165, 1.54) is 0 Å². The van der Waals surface area contributed by atoms with Crippen LogP contribution < -0.4 is 15.6 Å². The lowest BCUT2D eigenvalue weighted by molar-refractivity contribution is 0.415. The highest BCUT2D eigenvalue weighted by molar-refractivity contribution is 6.13. The van der Waals surface area contributed by atoms with Crippen molar-refractivity contribution in [2.75, 3.05) is 12.4 Å². The largest absolute Gasteiger partial charge is 0.497 e. The van der Waals surface area contributed by atoms with Gasteiger partial charge in [-0.2, -0.15) is 0 Å². The molecule has 0 atom stereocenters. The van der Waals surface area contributed by atoms with Crippen molar-refractivity contribution in [3.05, 3.63) is 65.1 Å². The van der Waals surface area contributed by atoms with Crippen LogP contribution in [0.3, 0.4) is 0 Å². The average Bonchev–Trinajstić information content (AvgIpc) is 2.98. The standard InChI is InChI=1S/C18H15N3O2/c1-23-12-6-4-5-11(9-12)20-15-10-19-18(22)17-16(15)13-7-2-3-8-14(13)21-17/h2-10,20-21H,1H3,(H,19,22). The van der Waals surface area contributed by atoms with Crippen LogP contribution in [-0.2, 0) is 0 Å². The van der Waals surface area contributed by atoms with Gasteiger partial charge in [0.2, 0.25) is 0 Å². The van der Waals surface area contributed by atoms with Gasteiger partial charge in [0.05, 0.1) is 12.8 Å². The SMILES string of the molecule is COc1cccc(Nc2c[nH]c(=O)c3[nH]c4ccccc4c23)c1. The van der Waals surface area contributed by atoms with Crippen LogP contribution in [0, 0.1) is 0 Å². The van der Waals surface area contributed by atoms with Crippen molar-refractivity contribution in [2.45, 2.75) is 0 Å². The minimum Gasteiger partial charge on any atom is -0.497 e. The van der Waals surface area contributed by atoms with Gasteiger partial charge in [0.1, 0.15) is 11.3 Å². The molecule has 114 valence electrons. The van der Waals surface area contributed by atoms with E-state index in [1.54, 1.807) is 13.3 Å². The smallest absolute Gasteiger partial charge is 0.272 e. The number of para-hydroxylation sites is 1. The Morgan fingerprint density at radius 2 is 1.96 bits per heavy atom. The molecule has 0 aliphatic heterocycles. The van der Waals surface area contributed by atoms with Crippen LogP contribution in [0.5, 0.6) is 5.75 Å². The molecule has 5 heteroatoms. The lowest BCUT2D eigenvalue weighted by Crippen LogP contribution is -2.06. The first-order chi connectivity index (χ1) is 11.3. The van der Waals surface area contributed by atoms with Gasteiger partial charge in [-0.15, -0.1) is 0 Å². The molecule has 3 N–H and O–H groups in total. The minimum absolute atomic E-state index is 0.132. The summed E-state index contributed by atoms with van der Waals surface area (Å²) in [7, 11) is 1.64. The van der Waals surface area contributed by atoms with Crippen LogP contribution in [0.2, 0.25) is 0 Å². The number of hydrogen-bond donors (Lipinski definition) is 3. The van der Waals surface area contributed by atoms with Crippen LogP contribution >= 0.6 is 0 Å². The molecule has 0 fully saturated rings. The Hall–Kier alpha value is -3.21. The number of aromatic amines is 2. The van der Waals surface area contributed by atoms with E-state index in [0.717, 1.165) is 33.4 Å². The van der Waals surface area contributed by atoms with Crippen molar-refractivity contribution in [1.29, 1.82) is 0 Å². The van der Waals surface area contributed by atoms with E-state index >= 15 is 0 Å². The van der Waals surface area contributed by atoms with E-state index in [2.05, 4.69) is 15.3 Å². The summed E-state index contributed by atoms with van der Waals surface area (Å²) in [5.74, 6) is 0.773. The van der Waals surface area contributed by atoms with Gasteiger partial charge in [-0.1, -0.05) is 24.3 Å². The molecule has 0 radical (unpaired) electrons. The maximum Gasteiger partial charge on any atom is 0.272 e. The number of anilines is 2. The number of nitrogens with one attached hydrogen (secondary N) is 3. The van der Waals surface area contributed by atoms with Crippen molar-refractivity contribution in [3.8, 4) is 5.75 Å². The zero-order valence-electron chi connectivity index (χ0n) is 12.5. The fraction of sp³-hybridized carbons (Fsp3) is 0.0556. The summed E-state index contributed by atoms with van der Waals surface area (Å²) in [6, 6.07) is 15.5. The number of fused-ring (bicyclic) bond motifs is 3. The zero-order chi connectivity index (χ0) is 15.8.